The summed E-state index contributed by atoms with van der Waals surface area (Å²) in [6.45, 7) is 2.20. The Morgan fingerprint density at radius 1 is 1.10 bits per heavy atom. The fourth-order valence-electron chi connectivity index (χ4n) is 5.04. The van der Waals surface area contributed by atoms with E-state index in [1.165, 1.54) is 17.8 Å². The number of hydrogen-bond donors (Lipinski definition) is 1. The molecule has 2 aromatic carbocycles. The first-order valence-corrected chi connectivity index (χ1v) is 15.8. The van der Waals surface area contributed by atoms with E-state index < -0.39 is 16.1 Å². The standard InChI is InChI=1S/C29H40ClN3O5S/c1-4-27(29(35)31-23-13-6-5-7-14-23)32(21-22-12-8-9-17-26(22)30)28(34)18-11-19-33(39(3,36)37)24-15-10-16-25(20-24)38-2/h8-10,12,15-17,20,23,27H,4-7,11,13-14,18-19,21H2,1-3H3,(H,31,35)/t27-/m1/s1. The molecular weight excluding hydrogens is 538 g/mol. The number of carbonyl (C=O) groups is 2. The molecule has 8 nitrogen and oxygen atoms in total. The van der Waals surface area contributed by atoms with Gasteiger partial charge in [-0.25, -0.2) is 8.42 Å². The van der Waals surface area contributed by atoms with Crippen molar-refractivity contribution in [3.8, 4) is 5.75 Å². The van der Waals surface area contributed by atoms with E-state index in [2.05, 4.69) is 5.32 Å². The van der Waals surface area contributed by atoms with E-state index in [4.69, 9.17) is 16.3 Å². The summed E-state index contributed by atoms with van der Waals surface area (Å²) in [5.41, 5.74) is 1.22. The summed E-state index contributed by atoms with van der Waals surface area (Å²) in [5, 5.41) is 3.69. The van der Waals surface area contributed by atoms with Gasteiger partial charge in [-0.2, -0.15) is 0 Å². The lowest BCUT2D eigenvalue weighted by Gasteiger charge is -2.33. The van der Waals surface area contributed by atoms with Crippen molar-refractivity contribution in [3.63, 3.8) is 0 Å². The van der Waals surface area contributed by atoms with E-state index in [1.807, 2.05) is 25.1 Å². The van der Waals surface area contributed by atoms with E-state index in [1.54, 1.807) is 35.2 Å². The third-order valence-corrected chi connectivity index (χ3v) is 8.69. The minimum atomic E-state index is -3.59. The van der Waals surface area contributed by atoms with Gasteiger partial charge in [-0.05, 0) is 49.4 Å². The van der Waals surface area contributed by atoms with E-state index in [0.29, 0.717) is 22.9 Å². The number of anilines is 1. The Kier molecular flexibility index (Phi) is 11.5. The second kappa shape index (κ2) is 14.6. The fraction of sp³-hybridized carbons (Fsp3) is 0.517. The van der Waals surface area contributed by atoms with E-state index in [-0.39, 0.29) is 43.8 Å². The molecule has 1 aliphatic rings. The Labute approximate surface area is 237 Å². The Morgan fingerprint density at radius 3 is 2.46 bits per heavy atom. The molecule has 0 aromatic heterocycles. The molecule has 0 bridgehead atoms. The van der Waals surface area contributed by atoms with Crippen LogP contribution in [0.1, 0.15) is 63.9 Å². The van der Waals surface area contributed by atoms with Crippen LogP contribution in [0, 0.1) is 0 Å². The van der Waals surface area contributed by atoms with Crippen LogP contribution in [0.15, 0.2) is 48.5 Å². The zero-order valence-corrected chi connectivity index (χ0v) is 24.6. The van der Waals surface area contributed by atoms with E-state index in [0.717, 1.165) is 37.5 Å². The quantitative estimate of drug-likeness (QED) is 0.355. The lowest BCUT2D eigenvalue weighted by molar-refractivity contribution is -0.141. The first-order valence-electron chi connectivity index (χ1n) is 13.6. The maximum Gasteiger partial charge on any atom is 0.243 e. The van der Waals surface area contributed by atoms with Gasteiger partial charge in [0.15, 0.2) is 0 Å². The van der Waals surface area contributed by atoms with Gasteiger partial charge in [0.1, 0.15) is 11.8 Å². The number of rotatable bonds is 13. The maximum atomic E-state index is 13.6. The molecule has 214 valence electrons. The van der Waals surface area contributed by atoms with Gasteiger partial charge in [0.05, 0.1) is 19.1 Å². The van der Waals surface area contributed by atoms with Crippen molar-refractivity contribution >= 4 is 39.1 Å². The number of carbonyl (C=O) groups excluding carboxylic acids is 2. The third kappa shape index (κ3) is 8.86. The molecule has 2 amide bonds. The molecule has 10 heteroatoms. The van der Waals surface area contributed by atoms with E-state index >= 15 is 0 Å². The second-order valence-corrected chi connectivity index (χ2v) is 12.3. The minimum Gasteiger partial charge on any atom is -0.497 e. The first kappa shape index (κ1) is 30.8. The highest BCUT2D eigenvalue weighted by Crippen LogP contribution is 2.25. The number of methoxy groups -OCH3 is 1. The summed E-state index contributed by atoms with van der Waals surface area (Å²) in [6, 6.07) is 13.6. The maximum absolute atomic E-state index is 13.6. The zero-order valence-electron chi connectivity index (χ0n) is 23.1. The van der Waals surface area contributed by atoms with Crippen LogP contribution in [0.4, 0.5) is 5.69 Å². The van der Waals surface area contributed by atoms with Crippen LogP contribution in [0.2, 0.25) is 5.02 Å². The van der Waals surface area contributed by atoms with Crippen molar-refractivity contribution in [3.05, 3.63) is 59.1 Å². The zero-order chi connectivity index (χ0) is 28.4. The average molecular weight is 578 g/mol. The SMILES string of the molecule is CC[C@H](C(=O)NC1CCCCC1)N(Cc1ccccc1Cl)C(=O)CCCN(c1cccc(OC)c1)S(C)(=O)=O. The highest BCUT2D eigenvalue weighted by molar-refractivity contribution is 7.92. The molecule has 1 atom stereocenters. The van der Waals surface area contributed by atoms with Crippen molar-refractivity contribution < 1.29 is 22.7 Å². The van der Waals surface area contributed by atoms with Gasteiger partial charge in [0.25, 0.3) is 0 Å². The topological polar surface area (TPSA) is 96.0 Å². The monoisotopic (exact) mass is 577 g/mol. The van der Waals surface area contributed by atoms with Gasteiger partial charge in [-0.3, -0.25) is 13.9 Å². The highest BCUT2D eigenvalue weighted by atomic mass is 35.5. The number of nitrogens with one attached hydrogen (secondary N) is 1. The molecule has 39 heavy (non-hydrogen) atoms. The third-order valence-electron chi connectivity index (χ3n) is 7.13. The molecule has 1 N–H and O–H groups in total. The average Bonchev–Trinajstić information content (AvgIpc) is 2.91. The second-order valence-electron chi connectivity index (χ2n) is 10.0. The number of hydrogen-bond acceptors (Lipinski definition) is 5. The number of amides is 2. The highest BCUT2D eigenvalue weighted by Gasteiger charge is 2.31. The number of sulfonamides is 1. The predicted octanol–water partition coefficient (Wildman–Crippen LogP) is 5.15. The fourth-order valence-corrected chi connectivity index (χ4v) is 6.20. The molecule has 0 spiro atoms. The van der Waals surface area contributed by atoms with Gasteiger partial charge < -0.3 is 15.0 Å². The van der Waals surface area contributed by atoms with Crippen molar-refractivity contribution in [2.75, 3.05) is 24.2 Å². The van der Waals surface area contributed by atoms with E-state index in [9.17, 15) is 18.0 Å². The van der Waals surface area contributed by atoms with Crippen molar-refractivity contribution in [1.82, 2.24) is 10.2 Å². The Morgan fingerprint density at radius 2 is 1.82 bits per heavy atom. The molecule has 3 rings (SSSR count). The minimum absolute atomic E-state index is 0.0770. The summed E-state index contributed by atoms with van der Waals surface area (Å²) in [5.74, 6) is 0.163. The molecule has 0 heterocycles. The number of benzene rings is 2. The normalized spacial score (nSPS) is 14.9. The van der Waals surface area contributed by atoms with Gasteiger partial charge >= 0.3 is 0 Å². The van der Waals surface area contributed by atoms with Crippen LogP contribution >= 0.6 is 11.6 Å². The van der Waals surface area contributed by atoms with Crippen molar-refractivity contribution in [1.29, 1.82) is 0 Å². The van der Waals surface area contributed by atoms with Crippen LogP contribution in [-0.4, -0.2) is 57.1 Å². The number of halogens is 1. The molecule has 0 saturated heterocycles. The van der Waals surface area contributed by atoms with Crippen LogP contribution in [-0.2, 0) is 26.2 Å². The lowest BCUT2D eigenvalue weighted by atomic mass is 9.95. The summed E-state index contributed by atoms with van der Waals surface area (Å²) in [7, 11) is -2.08. The summed E-state index contributed by atoms with van der Waals surface area (Å²) in [4.78, 5) is 28.6. The Bertz CT molecular complexity index is 1220. The Hall–Kier alpha value is -2.78. The van der Waals surface area contributed by atoms with Gasteiger partial charge in [0, 0.05) is 36.6 Å². The Balaban J connectivity index is 1.77. The van der Waals surface area contributed by atoms with Crippen molar-refractivity contribution in [2.24, 2.45) is 0 Å². The molecular formula is C29H40ClN3O5S. The summed E-state index contributed by atoms with van der Waals surface area (Å²) < 4.78 is 31.7. The molecule has 2 aromatic rings. The predicted molar refractivity (Wildman–Crippen MR) is 156 cm³/mol. The summed E-state index contributed by atoms with van der Waals surface area (Å²) >= 11 is 6.42. The largest absolute Gasteiger partial charge is 0.497 e. The molecule has 1 saturated carbocycles. The van der Waals surface area contributed by atoms with Crippen molar-refractivity contribution in [2.45, 2.75) is 76.9 Å². The molecule has 1 fully saturated rings. The van der Waals surface area contributed by atoms with Crippen LogP contribution < -0.4 is 14.4 Å². The molecule has 0 aliphatic heterocycles. The molecule has 0 unspecified atom stereocenters. The smallest absolute Gasteiger partial charge is 0.243 e. The van der Waals surface area contributed by atoms with Gasteiger partial charge in [0.2, 0.25) is 21.8 Å². The summed E-state index contributed by atoms with van der Waals surface area (Å²) in [6.07, 6.45) is 7.22. The number of nitrogens with zero attached hydrogens (tertiary/aromatic N) is 2. The molecule has 0 radical (unpaired) electrons. The van der Waals surface area contributed by atoms with Crippen LogP contribution in [0.25, 0.3) is 0 Å². The molecule has 1 aliphatic carbocycles. The first-order chi connectivity index (χ1) is 18.6. The lowest BCUT2D eigenvalue weighted by Crippen LogP contribution is -2.51. The van der Waals surface area contributed by atoms with Gasteiger partial charge in [-0.1, -0.05) is 62.1 Å². The number of ether oxygens (including phenoxy) is 1. The van der Waals surface area contributed by atoms with Crippen LogP contribution in [0.5, 0.6) is 5.75 Å². The van der Waals surface area contributed by atoms with Crippen LogP contribution in [0.3, 0.4) is 0 Å². The van der Waals surface area contributed by atoms with Gasteiger partial charge in [-0.15, -0.1) is 0 Å².